The van der Waals surface area contributed by atoms with E-state index in [-0.39, 0.29) is 23.9 Å². The van der Waals surface area contributed by atoms with Gasteiger partial charge in [-0.3, -0.25) is 15.1 Å². The van der Waals surface area contributed by atoms with Crippen molar-refractivity contribution in [1.29, 1.82) is 0 Å². The van der Waals surface area contributed by atoms with Crippen LogP contribution in [0.2, 0.25) is 5.02 Å². The van der Waals surface area contributed by atoms with E-state index in [1.807, 2.05) is 29.2 Å². The molecule has 5 nitrogen and oxygen atoms in total. The molecular formula is C27H29ClN4O. The van der Waals surface area contributed by atoms with Crippen LogP contribution in [0.3, 0.4) is 0 Å². The van der Waals surface area contributed by atoms with Crippen molar-refractivity contribution < 1.29 is 4.79 Å². The van der Waals surface area contributed by atoms with Gasteiger partial charge in [0.05, 0.1) is 18.0 Å². The summed E-state index contributed by atoms with van der Waals surface area (Å²) in [5.41, 5.74) is 10.1. The van der Waals surface area contributed by atoms with E-state index in [4.69, 9.17) is 11.6 Å². The Hall–Kier alpha value is -2.70. The summed E-state index contributed by atoms with van der Waals surface area (Å²) in [4.78, 5) is 18.0. The van der Waals surface area contributed by atoms with Crippen molar-refractivity contribution in [3.8, 4) is 0 Å². The van der Waals surface area contributed by atoms with Crippen LogP contribution in [0, 0.1) is 5.92 Å². The predicted molar refractivity (Wildman–Crippen MR) is 132 cm³/mol. The highest BCUT2D eigenvalue weighted by Crippen LogP contribution is 2.31. The van der Waals surface area contributed by atoms with Crippen LogP contribution < -0.4 is 10.9 Å². The fraction of sp³-hybridized carbons (Fsp3) is 0.296. The van der Waals surface area contributed by atoms with Gasteiger partial charge in [0.15, 0.2) is 0 Å². The van der Waals surface area contributed by atoms with Crippen LogP contribution in [0.4, 0.5) is 0 Å². The molecule has 2 saturated heterocycles. The first-order valence-electron chi connectivity index (χ1n) is 11.6. The van der Waals surface area contributed by atoms with E-state index in [2.05, 4.69) is 76.4 Å². The van der Waals surface area contributed by atoms with Crippen LogP contribution in [0.5, 0.6) is 0 Å². The van der Waals surface area contributed by atoms with Gasteiger partial charge < -0.3 is 4.90 Å². The highest BCUT2D eigenvalue weighted by Gasteiger charge is 2.38. The third-order valence-electron chi connectivity index (χ3n) is 6.75. The van der Waals surface area contributed by atoms with Crippen LogP contribution in [0.1, 0.15) is 28.8 Å². The van der Waals surface area contributed by atoms with Crippen molar-refractivity contribution in [2.45, 2.75) is 12.1 Å². The molecule has 6 heteroatoms. The largest absolute Gasteiger partial charge is 0.340 e. The van der Waals surface area contributed by atoms with Gasteiger partial charge in [0.2, 0.25) is 5.91 Å². The standard InChI is InChI=1S/C27H29ClN4O/c28-23-13-11-20(12-14-23)25-24(19-29-30-25)27(33)32-17-15-31(16-18-32)26(21-7-3-1-4-8-21)22-9-5-2-6-10-22/h1-14,24-26,29-30H,15-19H2. The Balaban J connectivity index is 1.28. The molecule has 0 radical (unpaired) electrons. The van der Waals surface area contributed by atoms with Gasteiger partial charge in [-0.25, -0.2) is 5.43 Å². The molecule has 2 unspecified atom stereocenters. The third kappa shape index (κ3) is 4.82. The van der Waals surface area contributed by atoms with Crippen molar-refractivity contribution in [3.63, 3.8) is 0 Å². The molecule has 0 aliphatic carbocycles. The number of carbonyl (C=O) groups excluding carboxylic acids is 1. The smallest absolute Gasteiger partial charge is 0.229 e. The Labute approximate surface area is 200 Å². The van der Waals surface area contributed by atoms with Gasteiger partial charge in [-0.05, 0) is 28.8 Å². The second-order valence-electron chi connectivity index (χ2n) is 8.75. The van der Waals surface area contributed by atoms with Crippen molar-refractivity contribution in [2.75, 3.05) is 32.7 Å². The molecule has 3 aromatic carbocycles. The highest BCUT2D eigenvalue weighted by molar-refractivity contribution is 6.30. The Bertz CT molecular complexity index is 1010. The molecule has 33 heavy (non-hydrogen) atoms. The highest BCUT2D eigenvalue weighted by atomic mass is 35.5. The number of hydrogen-bond acceptors (Lipinski definition) is 4. The Morgan fingerprint density at radius 2 is 1.39 bits per heavy atom. The maximum Gasteiger partial charge on any atom is 0.229 e. The molecule has 2 N–H and O–H groups in total. The SMILES string of the molecule is O=C(C1CNNC1c1ccc(Cl)cc1)N1CCN(C(c2ccccc2)c2ccccc2)CC1. The van der Waals surface area contributed by atoms with Gasteiger partial charge in [0.1, 0.15) is 0 Å². The molecule has 170 valence electrons. The van der Waals surface area contributed by atoms with Crippen LogP contribution >= 0.6 is 11.6 Å². The first kappa shape index (κ1) is 22.1. The lowest BCUT2D eigenvalue weighted by Crippen LogP contribution is -2.52. The lowest BCUT2D eigenvalue weighted by molar-refractivity contribution is -0.137. The van der Waals surface area contributed by atoms with Gasteiger partial charge in [0, 0.05) is 37.7 Å². The minimum absolute atomic E-state index is 0.0471. The summed E-state index contributed by atoms with van der Waals surface area (Å²) in [6.07, 6.45) is 0. The summed E-state index contributed by atoms with van der Waals surface area (Å²) in [6, 6.07) is 29.2. The molecule has 2 aliphatic heterocycles. The number of nitrogens with one attached hydrogen (secondary N) is 2. The fourth-order valence-corrected chi connectivity index (χ4v) is 5.16. The zero-order valence-electron chi connectivity index (χ0n) is 18.5. The van der Waals surface area contributed by atoms with Gasteiger partial charge >= 0.3 is 0 Å². The predicted octanol–water partition coefficient (Wildman–Crippen LogP) is 4.04. The molecule has 0 saturated carbocycles. The van der Waals surface area contributed by atoms with Crippen LogP contribution in [-0.4, -0.2) is 48.4 Å². The minimum Gasteiger partial charge on any atom is -0.340 e. The van der Waals surface area contributed by atoms with Gasteiger partial charge in [-0.1, -0.05) is 84.4 Å². The number of rotatable bonds is 5. The third-order valence-corrected chi connectivity index (χ3v) is 7.00. The Kier molecular flexibility index (Phi) is 6.74. The molecular weight excluding hydrogens is 432 g/mol. The number of halogens is 1. The first-order chi connectivity index (χ1) is 16.2. The normalized spacial score (nSPS) is 21.5. The average molecular weight is 461 g/mol. The van der Waals surface area contributed by atoms with E-state index in [1.165, 1.54) is 11.1 Å². The number of benzene rings is 3. The quantitative estimate of drug-likeness (QED) is 0.603. The van der Waals surface area contributed by atoms with Crippen molar-refractivity contribution in [3.05, 3.63) is 107 Å². The van der Waals surface area contributed by atoms with Crippen molar-refractivity contribution in [1.82, 2.24) is 20.7 Å². The van der Waals surface area contributed by atoms with Crippen molar-refractivity contribution in [2.24, 2.45) is 5.92 Å². The Morgan fingerprint density at radius 1 is 0.818 bits per heavy atom. The summed E-state index contributed by atoms with van der Waals surface area (Å²) >= 11 is 6.05. The monoisotopic (exact) mass is 460 g/mol. The molecule has 2 atom stereocenters. The summed E-state index contributed by atoms with van der Waals surface area (Å²) in [7, 11) is 0. The van der Waals surface area contributed by atoms with E-state index in [0.29, 0.717) is 11.6 Å². The lowest BCUT2D eigenvalue weighted by atomic mass is 9.93. The number of piperazine rings is 1. The average Bonchev–Trinajstić information content (AvgIpc) is 3.36. The maximum absolute atomic E-state index is 13.5. The van der Waals surface area contributed by atoms with Crippen molar-refractivity contribution >= 4 is 17.5 Å². The zero-order chi connectivity index (χ0) is 22.6. The zero-order valence-corrected chi connectivity index (χ0v) is 19.3. The number of nitrogens with zero attached hydrogens (tertiary/aromatic N) is 2. The summed E-state index contributed by atoms with van der Waals surface area (Å²) < 4.78 is 0. The van der Waals surface area contributed by atoms with Gasteiger partial charge in [0.25, 0.3) is 0 Å². The number of hydrazine groups is 1. The maximum atomic E-state index is 13.5. The molecule has 5 rings (SSSR count). The molecule has 0 aromatic heterocycles. The topological polar surface area (TPSA) is 47.6 Å². The van der Waals surface area contributed by atoms with Gasteiger partial charge in [-0.2, -0.15) is 0 Å². The van der Waals surface area contributed by atoms with E-state index < -0.39 is 0 Å². The molecule has 2 fully saturated rings. The van der Waals surface area contributed by atoms with Crippen LogP contribution in [-0.2, 0) is 4.79 Å². The second kappa shape index (κ2) is 10.1. The minimum atomic E-state index is -0.128. The van der Waals surface area contributed by atoms with E-state index in [9.17, 15) is 4.79 Å². The molecule has 0 spiro atoms. The number of amides is 1. The summed E-state index contributed by atoms with van der Waals surface area (Å²) in [6.45, 7) is 3.79. The molecule has 1 amide bonds. The molecule has 0 bridgehead atoms. The Morgan fingerprint density at radius 3 is 1.97 bits per heavy atom. The van der Waals surface area contributed by atoms with E-state index in [1.54, 1.807) is 0 Å². The number of carbonyl (C=O) groups is 1. The second-order valence-corrected chi connectivity index (χ2v) is 9.18. The molecule has 2 heterocycles. The van der Waals surface area contributed by atoms with Crippen LogP contribution in [0.25, 0.3) is 0 Å². The fourth-order valence-electron chi connectivity index (χ4n) is 5.03. The van der Waals surface area contributed by atoms with E-state index >= 15 is 0 Å². The van der Waals surface area contributed by atoms with E-state index in [0.717, 1.165) is 31.7 Å². The van der Waals surface area contributed by atoms with Crippen LogP contribution in [0.15, 0.2) is 84.9 Å². The summed E-state index contributed by atoms with van der Waals surface area (Å²) in [5.74, 6) is 0.0832. The summed E-state index contributed by atoms with van der Waals surface area (Å²) in [5, 5.41) is 0.704. The van der Waals surface area contributed by atoms with Gasteiger partial charge in [-0.15, -0.1) is 0 Å². The lowest BCUT2D eigenvalue weighted by Gasteiger charge is -2.40. The first-order valence-corrected chi connectivity index (χ1v) is 11.9. The molecule has 3 aromatic rings. The molecule has 2 aliphatic rings. The number of hydrogen-bond donors (Lipinski definition) is 2.